The van der Waals surface area contributed by atoms with E-state index in [9.17, 15) is 13.2 Å². The molecule has 1 rings (SSSR count). The van der Waals surface area contributed by atoms with E-state index in [1.165, 1.54) is 38.1 Å². The molecule has 0 aliphatic carbocycles. The molecule has 0 fully saturated rings. The summed E-state index contributed by atoms with van der Waals surface area (Å²) in [6.45, 7) is 2.98. The lowest BCUT2D eigenvalue weighted by Gasteiger charge is -2.30. The lowest BCUT2D eigenvalue weighted by atomic mass is 10.2. The molecule has 0 saturated carbocycles. The van der Waals surface area contributed by atoms with E-state index >= 15 is 0 Å². The average Bonchev–Trinajstić information content (AvgIpc) is 2.05. The molecule has 0 amide bonds. The fourth-order valence-electron chi connectivity index (χ4n) is 1.34. The normalized spacial score (nSPS) is 11.9. The monoisotopic (exact) mass is 237 g/mol. The number of hydrogen-bond acceptors (Lipinski definition) is 1. The van der Waals surface area contributed by atoms with Gasteiger partial charge in [-0.3, -0.25) is 4.90 Å². The summed E-state index contributed by atoms with van der Waals surface area (Å²) >= 11 is 5.61. The fraction of sp³-hybridized carbons (Fsp3) is 0.400. The molecule has 0 N–H and O–H groups in total. The molecule has 0 aliphatic heterocycles. The van der Waals surface area contributed by atoms with Crippen LogP contribution in [0.1, 0.15) is 13.8 Å². The molecule has 0 unspecified atom stereocenters. The van der Waals surface area contributed by atoms with E-state index in [-0.39, 0.29) is 5.69 Å². The van der Waals surface area contributed by atoms with Crippen LogP contribution in [-0.2, 0) is 0 Å². The summed E-state index contributed by atoms with van der Waals surface area (Å²) < 4.78 is 38.0. The summed E-state index contributed by atoms with van der Waals surface area (Å²) in [4.78, 5) is 0.392. The van der Waals surface area contributed by atoms with Gasteiger partial charge in [0, 0.05) is 16.8 Å². The Labute approximate surface area is 91.5 Å². The number of alkyl halides is 3. The third-order valence-electron chi connectivity index (χ3n) is 1.89. The van der Waals surface area contributed by atoms with Crippen LogP contribution < -0.4 is 4.90 Å². The van der Waals surface area contributed by atoms with Crippen LogP contribution in [0, 0.1) is 0 Å². The van der Waals surface area contributed by atoms with Gasteiger partial charge < -0.3 is 0 Å². The van der Waals surface area contributed by atoms with Crippen molar-refractivity contribution < 1.29 is 13.2 Å². The second-order valence-electron chi connectivity index (χ2n) is 3.41. The van der Waals surface area contributed by atoms with Crippen LogP contribution in [0.2, 0.25) is 5.02 Å². The van der Waals surface area contributed by atoms with E-state index in [0.717, 1.165) is 0 Å². The molecule has 0 heterocycles. The second kappa shape index (κ2) is 4.31. The van der Waals surface area contributed by atoms with E-state index in [0.29, 0.717) is 9.92 Å². The Hall–Kier alpha value is -0.900. The van der Waals surface area contributed by atoms with Crippen molar-refractivity contribution >= 4 is 17.3 Å². The number of hydrogen-bond donors (Lipinski definition) is 0. The first-order chi connectivity index (χ1) is 6.82. The zero-order chi connectivity index (χ0) is 11.6. The molecule has 0 saturated heterocycles. The Morgan fingerprint density at radius 1 is 1.13 bits per heavy atom. The minimum Gasteiger partial charge on any atom is -0.282 e. The average molecular weight is 238 g/mol. The molecule has 0 spiro atoms. The van der Waals surface area contributed by atoms with Crippen molar-refractivity contribution in [3.8, 4) is 0 Å². The minimum atomic E-state index is -4.37. The highest BCUT2D eigenvalue weighted by Crippen LogP contribution is 2.31. The quantitative estimate of drug-likeness (QED) is 0.701. The number of nitrogens with zero attached hydrogens (tertiary/aromatic N) is 1. The highest BCUT2D eigenvalue weighted by atomic mass is 35.5. The molecule has 0 bridgehead atoms. The molecule has 5 heteroatoms. The van der Waals surface area contributed by atoms with Gasteiger partial charge in [-0.1, -0.05) is 11.6 Å². The fourth-order valence-corrected chi connectivity index (χ4v) is 1.46. The molecule has 1 aromatic rings. The Balaban J connectivity index is 3.05. The minimum absolute atomic E-state index is 0.0990. The Kier molecular flexibility index (Phi) is 3.50. The van der Waals surface area contributed by atoms with Crippen molar-refractivity contribution in [2.24, 2.45) is 0 Å². The lowest BCUT2D eigenvalue weighted by Crippen LogP contribution is -2.43. The Morgan fingerprint density at radius 3 is 1.93 bits per heavy atom. The van der Waals surface area contributed by atoms with E-state index < -0.39 is 12.3 Å². The molecule has 1 nitrogen and oxygen atoms in total. The molecule has 15 heavy (non-hydrogen) atoms. The SMILES string of the molecule is CC(C)N(c1ccc(Cl)cc1)C(F)(F)F. The number of anilines is 1. The van der Waals surface area contributed by atoms with Crippen molar-refractivity contribution in [2.75, 3.05) is 4.90 Å². The third-order valence-corrected chi connectivity index (χ3v) is 2.15. The van der Waals surface area contributed by atoms with Gasteiger partial charge in [-0.15, -0.1) is 0 Å². The van der Waals surface area contributed by atoms with Crippen LogP contribution in [0.3, 0.4) is 0 Å². The van der Waals surface area contributed by atoms with Crippen LogP contribution >= 0.6 is 11.6 Å². The molecular formula is C10H11ClF3N. The van der Waals surface area contributed by atoms with Gasteiger partial charge in [-0.05, 0) is 38.1 Å². The van der Waals surface area contributed by atoms with Crippen molar-refractivity contribution in [1.29, 1.82) is 0 Å². The van der Waals surface area contributed by atoms with Crippen LogP contribution in [0.15, 0.2) is 24.3 Å². The van der Waals surface area contributed by atoms with Gasteiger partial charge in [0.05, 0.1) is 0 Å². The van der Waals surface area contributed by atoms with Gasteiger partial charge in [-0.25, -0.2) is 0 Å². The van der Waals surface area contributed by atoms with Crippen LogP contribution in [0.4, 0.5) is 18.9 Å². The van der Waals surface area contributed by atoms with Gasteiger partial charge in [-0.2, -0.15) is 13.2 Å². The van der Waals surface area contributed by atoms with Crippen LogP contribution in [0.5, 0.6) is 0 Å². The predicted molar refractivity (Wildman–Crippen MR) is 55.1 cm³/mol. The Morgan fingerprint density at radius 2 is 1.60 bits per heavy atom. The van der Waals surface area contributed by atoms with E-state index in [1.807, 2.05) is 0 Å². The molecule has 84 valence electrons. The standard InChI is InChI=1S/C10H11ClF3N/c1-7(2)15(10(12,13)14)9-5-3-8(11)4-6-9/h3-7H,1-2H3. The third kappa shape index (κ3) is 3.02. The first-order valence-corrected chi connectivity index (χ1v) is 4.82. The zero-order valence-electron chi connectivity index (χ0n) is 8.35. The predicted octanol–water partition coefficient (Wildman–Crippen LogP) is 4.07. The van der Waals surface area contributed by atoms with Gasteiger partial charge in [0.2, 0.25) is 0 Å². The largest absolute Gasteiger partial charge is 0.485 e. The molecular weight excluding hydrogens is 227 g/mol. The van der Waals surface area contributed by atoms with Crippen molar-refractivity contribution in [3.63, 3.8) is 0 Å². The van der Waals surface area contributed by atoms with Crippen LogP contribution in [0.25, 0.3) is 0 Å². The van der Waals surface area contributed by atoms with Crippen LogP contribution in [-0.4, -0.2) is 12.3 Å². The summed E-state index contributed by atoms with van der Waals surface area (Å²) in [6, 6.07) is 4.95. The first kappa shape index (κ1) is 12.2. The topological polar surface area (TPSA) is 3.24 Å². The van der Waals surface area contributed by atoms with Crippen molar-refractivity contribution in [1.82, 2.24) is 0 Å². The molecule has 0 atom stereocenters. The maximum absolute atomic E-state index is 12.7. The van der Waals surface area contributed by atoms with Gasteiger partial charge in [0.25, 0.3) is 0 Å². The maximum atomic E-state index is 12.7. The second-order valence-corrected chi connectivity index (χ2v) is 3.84. The summed E-state index contributed by atoms with van der Waals surface area (Å²) in [7, 11) is 0. The highest BCUT2D eigenvalue weighted by molar-refractivity contribution is 6.30. The van der Waals surface area contributed by atoms with E-state index in [1.54, 1.807) is 0 Å². The van der Waals surface area contributed by atoms with Gasteiger partial charge in [0.15, 0.2) is 0 Å². The summed E-state index contributed by atoms with van der Waals surface area (Å²) in [6.07, 6.45) is -4.37. The maximum Gasteiger partial charge on any atom is 0.485 e. The Bertz CT molecular complexity index is 318. The zero-order valence-corrected chi connectivity index (χ0v) is 9.10. The number of halogens is 4. The highest BCUT2D eigenvalue weighted by Gasteiger charge is 2.39. The summed E-state index contributed by atoms with van der Waals surface area (Å²) in [5, 5.41) is 0.421. The number of benzene rings is 1. The van der Waals surface area contributed by atoms with E-state index in [2.05, 4.69) is 0 Å². The molecule has 0 radical (unpaired) electrons. The van der Waals surface area contributed by atoms with E-state index in [4.69, 9.17) is 11.6 Å². The first-order valence-electron chi connectivity index (χ1n) is 4.44. The summed E-state index contributed by atoms with van der Waals surface area (Å²) in [5.41, 5.74) is 0.0990. The van der Waals surface area contributed by atoms with Gasteiger partial charge in [0.1, 0.15) is 0 Å². The lowest BCUT2D eigenvalue weighted by molar-refractivity contribution is -0.133. The molecule has 1 aromatic carbocycles. The smallest absolute Gasteiger partial charge is 0.282 e. The number of rotatable bonds is 2. The summed E-state index contributed by atoms with van der Waals surface area (Å²) in [5.74, 6) is 0. The van der Waals surface area contributed by atoms with Crippen molar-refractivity contribution in [2.45, 2.75) is 26.2 Å². The molecule has 0 aliphatic rings. The molecule has 0 aromatic heterocycles. The van der Waals surface area contributed by atoms with Gasteiger partial charge >= 0.3 is 6.30 Å². The van der Waals surface area contributed by atoms with Crippen molar-refractivity contribution in [3.05, 3.63) is 29.3 Å².